The Morgan fingerprint density at radius 1 is 1.44 bits per heavy atom. The molecule has 0 aliphatic heterocycles. The summed E-state index contributed by atoms with van der Waals surface area (Å²) in [7, 11) is 2.23. The molecule has 1 heterocycles. The lowest BCUT2D eigenvalue weighted by Gasteiger charge is -2.16. The zero-order chi connectivity index (χ0) is 11.4. The fraction of sp³-hybridized carbons (Fsp3) is 0.692. The van der Waals surface area contributed by atoms with E-state index in [1.807, 2.05) is 11.3 Å². The summed E-state index contributed by atoms with van der Waals surface area (Å²) in [6.45, 7) is 6.74. The number of hydrogen-bond donors (Lipinski definition) is 1. The van der Waals surface area contributed by atoms with Gasteiger partial charge in [0, 0.05) is 35.9 Å². The predicted molar refractivity (Wildman–Crippen MR) is 71.0 cm³/mol. The van der Waals surface area contributed by atoms with Crippen LogP contribution >= 0.6 is 11.3 Å². The Morgan fingerprint density at radius 2 is 2.25 bits per heavy atom. The van der Waals surface area contributed by atoms with Gasteiger partial charge in [-0.15, -0.1) is 11.3 Å². The normalized spacial score (nSPS) is 15.9. The van der Waals surface area contributed by atoms with Crippen LogP contribution in [-0.2, 0) is 6.54 Å². The summed E-state index contributed by atoms with van der Waals surface area (Å²) < 4.78 is 0. The first kappa shape index (κ1) is 12.1. The van der Waals surface area contributed by atoms with Gasteiger partial charge in [-0.3, -0.25) is 0 Å². The molecule has 0 amide bonds. The van der Waals surface area contributed by atoms with E-state index in [-0.39, 0.29) is 0 Å². The molecule has 1 aliphatic rings. The third-order valence-corrected chi connectivity index (χ3v) is 4.03. The molecule has 0 radical (unpaired) electrons. The Balaban J connectivity index is 1.54. The van der Waals surface area contributed by atoms with E-state index in [1.165, 1.54) is 35.7 Å². The summed E-state index contributed by atoms with van der Waals surface area (Å²) in [5.41, 5.74) is 0. The van der Waals surface area contributed by atoms with E-state index < -0.39 is 0 Å². The van der Waals surface area contributed by atoms with Gasteiger partial charge >= 0.3 is 0 Å². The molecule has 1 N–H and O–H groups in total. The third kappa shape index (κ3) is 4.24. The van der Waals surface area contributed by atoms with Crippen molar-refractivity contribution < 1.29 is 0 Å². The van der Waals surface area contributed by atoms with Gasteiger partial charge < -0.3 is 10.2 Å². The van der Waals surface area contributed by atoms with Crippen molar-refractivity contribution in [2.45, 2.75) is 26.3 Å². The van der Waals surface area contributed by atoms with E-state index in [0.717, 1.165) is 19.0 Å². The standard InChI is InChI=1S/C13H22N2S/c1-11-3-6-13(16-11)9-14-7-8-15(2)10-12-4-5-12/h3,6,12,14H,4-5,7-10H2,1-2H3. The third-order valence-electron chi connectivity index (χ3n) is 3.03. The summed E-state index contributed by atoms with van der Waals surface area (Å²) in [5, 5.41) is 3.51. The molecule has 0 atom stereocenters. The Labute approximate surface area is 103 Å². The van der Waals surface area contributed by atoms with E-state index in [2.05, 4.69) is 36.3 Å². The van der Waals surface area contributed by atoms with E-state index in [4.69, 9.17) is 0 Å². The molecule has 1 aromatic heterocycles. The molecule has 1 aromatic rings. The fourth-order valence-corrected chi connectivity index (χ4v) is 2.75. The molecule has 0 saturated heterocycles. The zero-order valence-electron chi connectivity index (χ0n) is 10.3. The van der Waals surface area contributed by atoms with Gasteiger partial charge in [-0.2, -0.15) is 0 Å². The zero-order valence-corrected chi connectivity index (χ0v) is 11.1. The molecular formula is C13H22N2S. The van der Waals surface area contributed by atoms with Crippen molar-refractivity contribution in [3.63, 3.8) is 0 Å². The van der Waals surface area contributed by atoms with Crippen molar-refractivity contribution in [2.75, 3.05) is 26.7 Å². The topological polar surface area (TPSA) is 15.3 Å². The summed E-state index contributed by atoms with van der Waals surface area (Å²) >= 11 is 1.89. The first-order valence-corrected chi connectivity index (χ1v) is 7.00. The van der Waals surface area contributed by atoms with Crippen LogP contribution in [0, 0.1) is 12.8 Å². The maximum atomic E-state index is 3.51. The van der Waals surface area contributed by atoms with Crippen LogP contribution in [0.25, 0.3) is 0 Å². The van der Waals surface area contributed by atoms with Crippen LogP contribution in [0.15, 0.2) is 12.1 Å². The molecule has 0 aromatic carbocycles. The second kappa shape index (κ2) is 5.80. The van der Waals surface area contributed by atoms with Crippen LogP contribution in [-0.4, -0.2) is 31.6 Å². The van der Waals surface area contributed by atoms with Crippen molar-refractivity contribution in [1.82, 2.24) is 10.2 Å². The van der Waals surface area contributed by atoms with Gasteiger partial charge in [-0.05, 0) is 44.9 Å². The van der Waals surface area contributed by atoms with Crippen molar-refractivity contribution in [3.8, 4) is 0 Å². The van der Waals surface area contributed by atoms with Crippen LogP contribution in [0.1, 0.15) is 22.6 Å². The highest BCUT2D eigenvalue weighted by atomic mass is 32.1. The van der Waals surface area contributed by atoms with Crippen molar-refractivity contribution in [3.05, 3.63) is 21.9 Å². The monoisotopic (exact) mass is 238 g/mol. The molecule has 0 spiro atoms. The molecule has 1 fully saturated rings. The molecule has 16 heavy (non-hydrogen) atoms. The highest BCUT2D eigenvalue weighted by molar-refractivity contribution is 7.11. The van der Waals surface area contributed by atoms with Gasteiger partial charge in [0.05, 0.1) is 0 Å². The number of thiophene rings is 1. The Hall–Kier alpha value is -0.380. The number of hydrogen-bond acceptors (Lipinski definition) is 3. The fourth-order valence-electron chi connectivity index (χ4n) is 1.89. The summed E-state index contributed by atoms with van der Waals surface area (Å²) in [6.07, 6.45) is 2.90. The van der Waals surface area contributed by atoms with Crippen molar-refractivity contribution in [2.24, 2.45) is 5.92 Å². The van der Waals surface area contributed by atoms with Crippen LogP contribution in [0.2, 0.25) is 0 Å². The summed E-state index contributed by atoms with van der Waals surface area (Å²) in [5.74, 6) is 1.00. The Morgan fingerprint density at radius 3 is 2.88 bits per heavy atom. The number of rotatable bonds is 7. The van der Waals surface area contributed by atoms with Crippen molar-refractivity contribution in [1.29, 1.82) is 0 Å². The predicted octanol–water partition coefficient (Wildman–Crippen LogP) is 2.49. The molecule has 3 heteroatoms. The van der Waals surface area contributed by atoms with Gasteiger partial charge in [0.1, 0.15) is 0 Å². The van der Waals surface area contributed by atoms with Gasteiger partial charge in [0.15, 0.2) is 0 Å². The van der Waals surface area contributed by atoms with Crippen LogP contribution in [0.5, 0.6) is 0 Å². The van der Waals surface area contributed by atoms with Crippen LogP contribution in [0.4, 0.5) is 0 Å². The first-order valence-electron chi connectivity index (χ1n) is 6.18. The van der Waals surface area contributed by atoms with E-state index >= 15 is 0 Å². The van der Waals surface area contributed by atoms with Gasteiger partial charge in [-0.25, -0.2) is 0 Å². The minimum atomic E-state index is 1.00. The first-order chi connectivity index (χ1) is 7.74. The van der Waals surface area contributed by atoms with Crippen molar-refractivity contribution >= 4 is 11.3 Å². The molecule has 1 saturated carbocycles. The average molecular weight is 238 g/mol. The lowest BCUT2D eigenvalue weighted by molar-refractivity contribution is 0.318. The lowest BCUT2D eigenvalue weighted by Crippen LogP contribution is -2.30. The average Bonchev–Trinajstić information content (AvgIpc) is 2.95. The molecule has 90 valence electrons. The smallest absolute Gasteiger partial charge is 0.0300 e. The second-order valence-electron chi connectivity index (χ2n) is 4.89. The summed E-state index contributed by atoms with van der Waals surface area (Å²) in [4.78, 5) is 5.30. The SMILES string of the molecule is Cc1ccc(CNCCN(C)CC2CC2)s1. The van der Waals surface area contributed by atoms with Gasteiger partial charge in [0.25, 0.3) is 0 Å². The molecule has 0 bridgehead atoms. The number of nitrogens with one attached hydrogen (secondary N) is 1. The van der Waals surface area contributed by atoms with Crippen LogP contribution < -0.4 is 5.32 Å². The van der Waals surface area contributed by atoms with E-state index in [0.29, 0.717) is 0 Å². The largest absolute Gasteiger partial charge is 0.311 e. The highest BCUT2D eigenvalue weighted by Gasteiger charge is 2.22. The quantitative estimate of drug-likeness (QED) is 0.734. The molecule has 0 unspecified atom stereocenters. The van der Waals surface area contributed by atoms with E-state index in [9.17, 15) is 0 Å². The molecule has 1 aliphatic carbocycles. The molecular weight excluding hydrogens is 216 g/mol. The maximum Gasteiger partial charge on any atom is 0.0300 e. The molecule has 2 rings (SSSR count). The maximum absolute atomic E-state index is 3.51. The Kier molecular flexibility index (Phi) is 4.38. The summed E-state index contributed by atoms with van der Waals surface area (Å²) in [6, 6.07) is 4.42. The lowest BCUT2D eigenvalue weighted by atomic mass is 10.4. The Bertz CT molecular complexity index is 317. The minimum absolute atomic E-state index is 1.00. The van der Waals surface area contributed by atoms with Gasteiger partial charge in [0.2, 0.25) is 0 Å². The number of nitrogens with zero attached hydrogens (tertiary/aromatic N) is 1. The van der Waals surface area contributed by atoms with Crippen LogP contribution in [0.3, 0.4) is 0 Å². The second-order valence-corrected chi connectivity index (χ2v) is 6.27. The molecule has 2 nitrogen and oxygen atoms in total. The highest BCUT2D eigenvalue weighted by Crippen LogP contribution is 2.29. The van der Waals surface area contributed by atoms with Gasteiger partial charge in [-0.1, -0.05) is 0 Å². The number of aryl methyl sites for hydroxylation is 1. The minimum Gasteiger partial charge on any atom is -0.311 e. The number of likely N-dealkylation sites (N-methyl/N-ethyl adjacent to an activating group) is 1. The van der Waals surface area contributed by atoms with E-state index in [1.54, 1.807) is 0 Å².